The zero-order valence-corrected chi connectivity index (χ0v) is 12.2. The average molecular weight is 289 g/mol. The van der Waals surface area contributed by atoms with Crippen molar-refractivity contribution in [2.45, 2.75) is 38.8 Å². The van der Waals surface area contributed by atoms with E-state index in [0.717, 1.165) is 25.9 Å². The normalized spacial score (nSPS) is 16.3. The number of benzene rings is 1. The minimum atomic E-state index is -0.430. The third-order valence-corrected chi connectivity index (χ3v) is 3.74. The maximum atomic E-state index is 13.3. The lowest BCUT2D eigenvalue weighted by Gasteiger charge is -2.29. The van der Waals surface area contributed by atoms with Crippen molar-refractivity contribution < 1.29 is 9.18 Å². The third kappa shape index (κ3) is 4.27. The molecule has 0 aliphatic carbocycles. The highest BCUT2D eigenvalue weighted by atomic mass is 19.1. The van der Waals surface area contributed by atoms with Gasteiger partial charge in [0.15, 0.2) is 0 Å². The van der Waals surface area contributed by atoms with E-state index in [1.807, 2.05) is 17.9 Å². The van der Waals surface area contributed by atoms with Gasteiger partial charge in [-0.15, -0.1) is 0 Å². The fourth-order valence-corrected chi connectivity index (χ4v) is 2.56. The van der Waals surface area contributed by atoms with Gasteiger partial charge in [-0.1, -0.05) is 0 Å². The topological polar surface area (TPSA) is 56.1 Å². The van der Waals surface area contributed by atoms with Gasteiger partial charge in [0.05, 0.1) is 17.7 Å². The molecule has 0 spiro atoms. The number of carbonyl (C=O) groups is 1. The standard InChI is InChI=1S/C16H20FN3O/c1-12(16(21)20-5-3-2-4-6-20)19-11-14-7-13(10-18)8-15(17)9-14/h7-9,12,19H,2-6,11H2,1H3. The van der Waals surface area contributed by atoms with Crippen molar-refractivity contribution in [3.63, 3.8) is 0 Å². The van der Waals surface area contributed by atoms with Gasteiger partial charge in [-0.25, -0.2) is 4.39 Å². The Morgan fingerprint density at radius 1 is 1.38 bits per heavy atom. The summed E-state index contributed by atoms with van der Waals surface area (Å²) in [6.45, 7) is 3.83. The van der Waals surface area contributed by atoms with Crippen LogP contribution in [0, 0.1) is 17.1 Å². The molecule has 2 rings (SSSR count). The first-order valence-electron chi connectivity index (χ1n) is 7.32. The number of nitriles is 1. The van der Waals surface area contributed by atoms with Crippen molar-refractivity contribution in [3.8, 4) is 6.07 Å². The van der Waals surface area contributed by atoms with Crippen LogP contribution in [0.5, 0.6) is 0 Å². The minimum Gasteiger partial charge on any atom is -0.341 e. The number of halogens is 1. The highest BCUT2D eigenvalue weighted by Gasteiger charge is 2.21. The van der Waals surface area contributed by atoms with Gasteiger partial charge < -0.3 is 10.2 Å². The first-order chi connectivity index (χ1) is 10.1. The van der Waals surface area contributed by atoms with E-state index in [9.17, 15) is 9.18 Å². The Morgan fingerprint density at radius 2 is 2.10 bits per heavy atom. The summed E-state index contributed by atoms with van der Waals surface area (Å²) in [5.41, 5.74) is 0.964. The molecule has 4 nitrogen and oxygen atoms in total. The Labute approximate surface area is 124 Å². The zero-order valence-electron chi connectivity index (χ0n) is 12.2. The van der Waals surface area contributed by atoms with Crippen LogP contribution in [-0.2, 0) is 11.3 Å². The van der Waals surface area contributed by atoms with Crippen LogP contribution in [0.2, 0.25) is 0 Å². The number of hydrogen-bond acceptors (Lipinski definition) is 3. The SMILES string of the molecule is CC(NCc1cc(F)cc(C#N)c1)C(=O)N1CCCCC1. The molecule has 1 unspecified atom stereocenters. The largest absolute Gasteiger partial charge is 0.341 e. The molecule has 5 heteroatoms. The van der Waals surface area contributed by atoms with Crippen LogP contribution in [0.3, 0.4) is 0 Å². The van der Waals surface area contributed by atoms with Gasteiger partial charge in [0, 0.05) is 19.6 Å². The maximum absolute atomic E-state index is 13.3. The fourth-order valence-electron chi connectivity index (χ4n) is 2.56. The van der Waals surface area contributed by atoms with Gasteiger partial charge in [-0.05, 0) is 49.9 Å². The summed E-state index contributed by atoms with van der Waals surface area (Å²) in [5, 5.41) is 11.9. The monoisotopic (exact) mass is 289 g/mol. The Balaban J connectivity index is 1.91. The summed E-state index contributed by atoms with van der Waals surface area (Å²) in [5.74, 6) is -0.340. The lowest BCUT2D eigenvalue weighted by molar-refractivity contribution is -0.133. The number of likely N-dealkylation sites (tertiary alicyclic amines) is 1. The van der Waals surface area contributed by atoms with Crippen LogP contribution in [-0.4, -0.2) is 29.9 Å². The predicted molar refractivity (Wildman–Crippen MR) is 77.8 cm³/mol. The third-order valence-electron chi connectivity index (χ3n) is 3.74. The average Bonchev–Trinajstić information content (AvgIpc) is 2.52. The van der Waals surface area contributed by atoms with Gasteiger partial charge in [0.1, 0.15) is 5.82 Å². The van der Waals surface area contributed by atoms with Gasteiger partial charge >= 0.3 is 0 Å². The summed E-state index contributed by atoms with van der Waals surface area (Å²) in [7, 11) is 0. The quantitative estimate of drug-likeness (QED) is 0.924. The van der Waals surface area contributed by atoms with Crippen LogP contribution in [0.1, 0.15) is 37.3 Å². The molecular weight excluding hydrogens is 269 g/mol. The first-order valence-corrected chi connectivity index (χ1v) is 7.32. The minimum absolute atomic E-state index is 0.0895. The highest BCUT2D eigenvalue weighted by Crippen LogP contribution is 2.11. The van der Waals surface area contributed by atoms with E-state index >= 15 is 0 Å². The fraction of sp³-hybridized carbons (Fsp3) is 0.500. The molecule has 1 amide bonds. The molecule has 1 heterocycles. The summed E-state index contributed by atoms with van der Waals surface area (Å²) < 4.78 is 13.3. The Hall–Kier alpha value is -1.93. The van der Waals surface area contributed by atoms with Gasteiger partial charge in [0.25, 0.3) is 0 Å². The molecule has 1 fully saturated rings. The molecule has 0 saturated carbocycles. The van der Waals surface area contributed by atoms with Gasteiger partial charge in [-0.2, -0.15) is 5.26 Å². The van der Waals surface area contributed by atoms with E-state index in [-0.39, 0.29) is 11.9 Å². The van der Waals surface area contributed by atoms with E-state index in [1.54, 1.807) is 6.07 Å². The lowest BCUT2D eigenvalue weighted by atomic mass is 10.1. The molecule has 1 aliphatic rings. The maximum Gasteiger partial charge on any atom is 0.239 e. The van der Waals surface area contributed by atoms with E-state index in [0.29, 0.717) is 17.7 Å². The first kappa shape index (κ1) is 15.5. The van der Waals surface area contributed by atoms with Crippen LogP contribution in [0.4, 0.5) is 4.39 Å². The number of amides is 1. The summed E-state index contributed by atoms with van der Waals surface area (Å²) in [6, 6.07) is 5.83. The molecule has 21 heavy (non-hydrogen) atoms. The molecule has 0 aromatic heterocycles. The zero-order chi connectivity index (χ0) is 15.2. The van der Waals surface area contributed by atoms with Crippen LogP contribution in [0.15, 0.2) is 18.2 Å². The van der Waals surface area contributed by atoms with Crippen molar-refractivity contribution in [3.05, 3.63) is 35.1 Å². The molecule has 1 aromatic rings. The number of rotatable bonds is 4. The van der Waals surface area contributed by atoms with E-state index in [2.05, 4.69) is 5.32 Å². The number of nitrogens with one attached hydrogen (secondary N) is 1. The van der Waals surface area contributed by atoms with Crippen LogP contribution in [0.25, 0.3) is 0 Å². The predicted octanol–water partition coefficient (Wildman–Crippen LogP) is 2.19. The highest BCUT2D eigenvalue weighted by molar-refractivity contribution is 5.81. The van der Waals surface area contributed by atoms with E-state index in [4.69, 9.17) is 5.26 Å². The molecule has 0 radical (unpaired) electrons. The molecule has 0 bridgehead atoms. The van der Waals surface area contributed by atoms with Crippen LogP contribution < -0.4 is 5.32 Å². The second kappa shape index (κ2) is 7.19. The lowest BCUT2D eigenvalue weighted by Crippen LogP contribution is -2.46. The Morgan fingerprint density at radius 3 is 2.76 bits per heavy atom. The number of nitrogens with zero attached hydrogens (tertiary/aromatic N) is 2. The van der Waals surface area contributed by atoms with Crippen molar-refractivity contribution in [2.75, 3.05) is 13.1 Å². The van der Waals surface area contributed by atoms with Crippen molar-refractivity contribution >= 4 is 5.91 Å². The van der Waals surface area contributed by atoms with Crippen molar-refractivity contribution in [1.29, 1.82) is 5.26 Å². The number of hydrogen-bond donors (Lipinski definition) is 1. The van der Waals surface area contributed by atoms with E-state index < -0.39 is 5.82 Å². The summed E-state index contributed by atoms with van der Waals surface area (Å²) in [6.07, 6.45) is 3.31. The summed E-state index contributed by atoms with van der Waals surface area (Å²) >= 11 is 0. The Bertz CT molecular complexity index is 547. The van der Waals surface area contributed by atoms with E-state index in [1.165, 1.54) is 18.6 Å². The molecule has 1 N–H and O–H groups in total. The van der Waals surface area contributed by atoms with Crippen molar-refractivity contribution in [2.24, 2.45) is 0 Å². The number of carbonyl (C=O) groups excluding carboxylic acids is 1. The molecule has 1 aliphatic heterocycles. The molecule has 1 atom stereocenters. The summed E-state index contributed by atoms with van der Waals surface area (Å²) in [4.78, 5) is 14.1. The second-order valence-electron chi connectivity index (χ2n) is 5.45. The molecule has 1 saturated heterocycles. The van der Waals surface area contributed by atoms with Crippen LogP contribution >= 0.6 is 0 Å². The number of piperidine rings is 1. The molecule has 112 valence electrons. The van der Waals surface area contributed by atoms with Crippen molar-refractivity contribution in [1.82, 2.24) is 10.2 Å². The Kier molecular flexibility index (Phi) is 5.29. The van der Waals surface area contributed by atoms with Gasteiger partial charge in [0.2, 0.25) is 5.91 Å². The molecule has 1 aromatic carbocycles. The second-order valence-corrected chi connectivity index (χ2v) is 5.45. The van der Waals surface area contributed by atoms with Gasteiger partial charge in [-0.3, -0.25) is 4.79 Å². The molecular formula is C16H20FN3O. The smallest absolute Gasteiger partial charge is 0.239 e.